The van der Waals surface area contributed by atoms with Crippen LogP contribution in [0, 0.1) is 0 Å². The van der Waals surface area contributed by atoms with E-state index in [1.807, 2.05) is 0 Å². The van der Waals surface area contributed by atoms with E-state index in [4.69, 9.17) is 16.0 Å². The lowest BCUT2D eigenvalue weighted by atomic mass is 10.2. The van der Waals surface area contributed by atoms with Gasteiger partial charge in [-0.3, -0.25) is 9.59 Å². The highest BCUT2D eigenvalue weighted by atomic mass is 35.5. The maximum absolute atomic E-state index is 12.4. The molecule has 3 aromatic rings. The van der Waals surface area contributed by atoms with Gasteiger partial charge in [0.1, 0.15) is 5.58 Å². The minimum atomic E-state index is -3.46. The maximum Gasteiger partial charge on any atom is 0.291 e. The van der Waals surface area contributed by atoms with Crippen molar-refractivity contribution >= 4 is 44.0 Å². The van der Waals surface area contributed by atoms with Gasteiger partial charge in [-0.2, -0.15) is 0 Å². The molecule has 0 unspecified atom stereocenters. The van der Waals surface area contributed by atoms with Crippen molar-refractivity contribution in [2.24, 2.45) is 0 Å². The summed E-state index contributed by atoms with van der Waals surface area (Å²) in [6.07, 6.45) is 1.05. The molecule has 1 N–H and O–H groups in total. The second-order valence-electron chi connectivity index (χ2n) is 5.34. The topological polar surface area (TPSA) is 93.5 Å². The summed E-state index contributed by atoms with van der Waals surface area (Å²) in [6, 6.07) is 11.6. The van der Waals surface area contributed by atoms with E-state index in [9.17, 15) is 18.0 Å². The Labute approximate surface area is 148 Å². The Balaban J connectivity index is 1.99. The zero-order valence-electron chi connectivity index (χ0n) is 12.9. The fraction of sp³-hybridized carbons (Fsp3) is 0.0588. The molecule has 0 spiro atoms. The minimum absolute atomic E-state index is 0.00663. The average molecular weight is 378 g/mol. The molecule has 0 fully saturated rings. The highest BCUT2D eigenvalue weighted by Gasteiger charge is 2.16. The van der Waals surface area contributed by atoms with Gasteiger partial charge >= 0.3 is 0 Å². The smallest absolute Gasteiger partial charge is 0.291 e. The molecule has 0 aliphatic rings. The first-order chi connectivity index (χ1) is 11.8. The molecule has 6 nitrogen and oxygen atoms in total. The Morgan fingerprint density at radius 3 is 2.56 bits per heavy atom. The summed E-state index contributed by atoms with van der Waals surface area (Å²) in [5.41, 5.74) is 0.0181. The highest BCUT2D eigenvalue weighted by Crippen LogP contribution is 2.26. The van der Waals surface area contributed by atoms with E-state index >= 15 is 0 Å². The van der Waals surface area contributed by atoms with Crippen LogP contribution in [-0.2, 0) is 9.84 Å². The predicted molar refractivity (Wildman–Crippen MR) is 95.0 cm³/mol. The third-order valence-corrected chi connectivity index (χ3v) is 4.91. The van der Waals surface area contributed by atoms with E-state index in [-0.39, 0.29) is 32.4 Å². The van der Waals surface area contributed by atoms with Gasteiger partial charge in [0.15, 0.2) is 21.0 Å². The summed E-state index contributed by atoms with van der Waals surface area (Å²) in [4.78, 5) is 24.4. The van der Waals surface area contributed by atoms with Crippen LogP contribution in [0.1, 0.15) is 10.6 Å². The molecular formula is C17H12ClNO5S. The van der Waals surface area contributed by atoms with Crippen LogP contribution in [0.4, 0.5) is 5.69 Å². The number of nitrogens with one attached hydrogen (secondary N) is 1. The SMILES string of the molecule is CS(=O)(=O)c1ccc(Cl)c(NC(=O)c2cc(=O)c3ccccc3o2)c1. The van der Waals surface area contributed by atoms with E-state index in [0.717, 1.165) is 12.3 Å². The van der Waals surface area contributed by atoms with Crippen molar-refractivity contribution in [3.8, 4) is 0 Å². The van der Waals surface area contributed by atoms with E-state index in [2.05, 4.69) is 5.32 Å². The first-order valence-electron chi connectivity index (χ1n) is 7.09. The van der Waals surface area contributed by atoms with E-state index in [0.29, 0.717) is 5.39 Å². The van der Waals surface area contributed by atoms with Gasteiger partial charge in [-0.05, 0) is 30.3 Å². The van der Waals surface area contributed by atoms with Crippen molar-refractivity contribution < 1.29 is 17.6 Å². The second kappa shape index (κ2) is 6.34. The number of hydrogen-bond acceptors (Lipinski definition) is 5. The largest absolute Gasteiger partial charge is 0.451 e. The molecule has 1 aromatic heterocycles. The van der Waals surface area contributed by atoms with Crippen LogP contribution in [0.5, 0.6) is 0 Å². The number of amides is 1. The van der Waals surface area contributed by atoms with Gasteiger partial charge in [0, 0.05) is 12.3 Å². The van der Waals surface area contributed by atoms with Crippen molar-refractivity contribution in [1.29, 1.82) is 0 Å². The third kappa shape index (κ3) is 3.57. The molecule has 1 heterocycles. The molecular weight excluding hydrogens is 366 g/mol. The lowest BCUT2D eigenvalue weighted by Gasteiger charge is -2.09. The summed E-state index contributed by atoms with van der Waals surface area (Å²) in [5, 5.41) is 2.98. The molecule has 0 aliphatic carbocycles. The zero-order valence-corrected chi connectivity index (χ0v) is 14.5. The monoisotopic (exact) mass is 377 g/mol. The second-order valence-corrected chi connectivity index (χ2v) is 7.76. The normalized spacial score (nSPS) is 11.4. The number of anilines is 1. The van der Waals surface area contributed by atoms with Crippen LogP contribution < -0.4 is 10.7 Å². The molecule has 0 saturated heterocycles. The highest BCUT2D eigenvalue weighted by molar-refractivity contribution is 7.90. The van der Waals surface area contributed by atoms with Crippen molar-refractivity contribution in [1.82, 2.24) is 0 Å². The van der Waals surface area contributed by atoms with Crippen molar-refractivity contribution in [3.05, 3.63) is 69.5 Å². The first-order valence-corrected chi connectivity index (χ1v) is 9.36. The molecule has 3 rings (SSSR count). The molecule has 0 saturated carbocycles. The summed E-state index contributed by atoms with van der Waals surface area (Å²) in [5.74, 6) is -0.917. The first kappa shape index (κ1) is 17.2. The van der Waals surface area contributed by atoms with E-state index in [1.54, 1.807) is 24.3 Å². The van der Waals surface area contributed by atoms with Crippen molar-refractivity contribution in [2.75, 3.05) is 11.6 Å². The molecule has 25 heavy (non-hydrogen) atoms. The van der Waals surface area contributed by atoms with Gasteiger partial charge in [0.2, 0.25) is 0 Å². The molecule has 128 valence electrons. The quantitative estimate of drug-likeness (QED) is 0.756. The molecule has 2 aromatic carbocycles. The summed E-state index contributed by atoms with van der Waals surface area (Å²) in [6.45, 7) is 0. The zero-order chi connectivity index (χ0) is 18.2. The number of para-hydroxylation sites is 1. The number of carbonyl (C=O) groups excluding carboxylic acids is 1. The molecule has 0 atom stereocenters. The number of fused-ring (bicyclic) bond motifs is 1. The lowest BCUT2D eigenvalue weighted by Crippen LogP contribution is -2.15. The van der Waals surface area contributed by atoms with Crippen LogP contribution in [0.25, 0.3) is 11.0 Å². The predicted octanol–water partition coefficient (Wildman–Crippen LogP) is 3.10. The molecule has 0 radical (unpaired) electrons. The van der Waals surface area contributed by atoms with Gasteiger partial charge in [-0.1, -0.05) is 23.7 Å². The maximum atomic E-state index is 12.4. The van der Waals surface area contributed by atoms with Crippen LogP contribution >= 0.6 is 11.6 Å². The van der Waals surface area contributed by atoms with E-state index < -0.39 is 15.7 Å². The van der Waals surface area contributed by atoms with Crippen LogP contribution in [0.2, 0.25) is 5.02 Å². The minimum Gasteiger partial charge on any atom is -0.451 e. The standard InChI is InChI=1S/C17H12ClNO5S/c1-25(22,23)10-6-7-12(18)13(8-10)19-17(21)16-9-14(20)11-4-2-3-5-15(11)24-16/h2-9H,1H3,(H,19,21). The van der Waals surface area contributed by atoms with Crippen LogP contribution in [0.15, 0.2) is 62.6 Å². The number of carbonyl (C=O) groups is 1. The lowest BCUT2D eigenvalue weighted by molar-refractivity contribution is 0.0997. The number of hydrogen-bond donors (Lipinski definition) is 1. The third-order valence-electron chi connectivity index (χ3n) is 3.47. The van der Waals surface area contributed by atoms with Crippen molar-refractivity contribution in [2.45, 2.75) is 4.90 Å². The fourth-order valence-electron chi connectivity index (χ4n) is 2.23. The molecule has 0 aliphatic heterocycles. The number of rotatable bonds is 3. The number of sulfone groups is 1. The van der Waals surface area contributed by atoms with Crippen molar-refractivity contribution in [3.63, 3.8) is 0 Å². The van der Waals surface area contributed by atoms with Gasteiger partial charge in [-0.15, -0.1) is 0 Å². The van der Waals surface area contributed by atoms with Gasteiger partial charge in [-0.25, -0.2) is 8.42 Å². The Kier molecular flexibility index (Phi) is 4.36. The van der Waals surface area contributed by atoms with Gasteiger partial charge in [0.25, 0.3) is 5.91 Å². The molecule has 1 amide bonds. The average Bonchev–Trinajstić information content (AvgIpc) is 2.55. The number of benzene rings is 2. The van der Waals surface area contributed by atoms with Gasteiger partial charge < -0.3 is 9.73 Å². The summed E-state index contributed by atoms with van der Waals surface area (Å²) < 4.78 is 28.7. The Morgan fingerprint density at radius 1 is 1.12 bits per heavy atom. The fourth-order valence-corrected chi connectivity index (χ4v) is 3.04. The molecule has 0 bridgehead atoms. The van der Waals surface area contributed by atoms with Crippen LogP contribution in [-0.4, -0.2) is 20.6 Å². The van der Waals surface area contributed by atoms with Gasteiger partial charge in [0.05, 0.1) is 21.0 Å². The summed E-state index contributed by atoms with van der Waals surface area (Å²) >= 11 is 6.00. The summed E-state index contributed by atoms with van der Waals surface area (Å²) in [7, 11) is -3.46. The van der Waals surface area contributed by atoms with Crippen LogP contribution in [0.3, 0.4) is 0 Å². The number of halogens is 1. The Hall–Kier alpha value is -2.64. The Morgan fingerprint density at radius 2 is 1.84 bits per heavy atom. The molecule has 8 heteroatoms. The Bertz CT molecular complexity index is 1150. The van der Waals surface area contributed by atoms with E-state index in [1.165, 1.54) is 18.2 Å².